The molecule has 24 heavy (non-hydrogen) atoms. The molecule has 0 saturated carbocycles. The molecule has 1 atom stereocenters. The fraction of sp³-hybridized carbons (Fsp3) is 0.350. The van der Waals surface area contributed by atoms with Crippen molar-refractivity contribution >= 4 is 17.5 Å². The number of carbonyl (C=O) groups excluding carboxylic acids is 1. The summed E-state index contributed by atoms with van der Waals surface area (Å²) in [6.07, 6.45) is 1.79. The average Bonchev–Trinajstić information content (AvgIpc) is 2.60. The van der Waals surface area contributed by atoms with E-state index in [4.69, 9.17) is 16.3 Å². The topological polar surface area (TPSA) is 29.5 Å². The lowest BCUT2D eigenvalue weighted by Gasteiger charge is -2.25. The standard InChI is InChI=1S/C20H24ClNO2/c1-4-8-18(15-9-6-5-7-10-15)20(23)22(2)14-16-13-17(21)11-12-19(16)24-3/h5-7,9-13,18H,4,8,14H2,1-3H3. The lowest BCUT2D eigenvalue weighted by Crippen LogP contribution is -2.31. The van der Waals surface area contributed by atoms with Crippen LogP contribution in [0.1, 0.15) is 36.8 Å². The van der Waals surface area contributed by atoms with E-state index in [0.717, 1.165) is 29.7 Å². The summed E-state index contributed by atoms with van der Waals surface area (Å²) in [5.74, 6) is 0.738. The van der Waals surface area contributed by atoms with Gasteiger partial charge in [0.15, 0.2) is 0 Å². The number of amides is 1. The highest BCUT2D eigenvalue weighted by molar-refractivity contribution is 6.30. The van der Waals surface area contributed by atoms with E-state index in [9.17, 15) is 4.79 Å². The maximum atomic E-state index is 13.0. The summed E-state index contributed by atoms with van der Waals surface area (Å²) < 4.78 is 5.38. The van der Waals surface area contributed by atoms with Crippen molar-refractivity contribution in [2.75, 3.05) is 14.2 Å². The van der Waals surface area contributed by atoms with Crippen LogP contribution in [0.2, 0.25) is 5.02 Å². The number of hydrogen-bond donors (Lipinski definition) is 0. The predicted octanol–water partition coefficient (Wildman–Crippen LogP) is 4.89. The van der Waals surface area contributed by atoms with Crippen LogP contribution in [0.3, 0.4) is 0 Å². The van der Waals surface area contributed by atoms with Crippen LogP contribution in [0.25, 0.3) is 0 Å². The molecule has 2 aromatic rings. The van der Waals surface area contributed by atoms with Crippen LogP contribution in [0.15, 0.2) is 48.5 Å². The Hall–Kier alpha value is -2.00. The van der Waals surface area contributed by atoms with E-state index in [1.54, 1.807) is 18.1 Å². The van der Waals surface area contributed by atoms with Gasteiger partial charge in [-0.15, -0.1) is 0 Å². The zero-order valence-electron chi connectivity index (χ0n) is 14.5. The van der Waals surface area contributed by atoms with Crippen LogP contribution >= 0.6 is 11.6 Å². The quantitative estimate of drug-likeness (QED) is 0.715. The number of rotatable bonds is 7. The summed E-state index contributed by atoms with van der Waals surface area (Å²) in [4.78, 5) is 14.7. The lowest BCUT2D eigenvalue weighted by atomic mass is 9.93. The van der Waals surface area contributed by atoms with Crippen molar-refractivity contribution in [3.8, 4) is 5.75 Å². The number of likely N-dealkylation sites (N-methyl/N-ethyl adjacent to an activating group) is 1. The number of benzene rings is 2. The minimum Gasteiger partial charge on any atom is -0.496 e. The molecule has 0 heterocycles. The normalized spacial score (nSPS) is 11.8. The molecule has 1 unspecified atom stereocenters. The maximum absolute atomic E-state index is 13.0. The second kappa shape index (κ2) is 8.74. The maximum Gasteiger partial charge on any atom is 0.230 e. The Morgan fingerprint density at radius 2 is 1.92 bits per heavy atom. The third-order valence-corrected chi connectivity index (χ3v) is 4.34. The van der Waals surface area contributed by atoms with Gasteiger partial charge in [0.05, 0.1) is 13.0 Å². The molecule has 4 heteroatoms. The molecule has 0 radical (unpaired) electrons. The molecule has 0 aliphatic carbocycles. The Morgan fingerprint density at radius 3 is 2.54 bits per heavy atom. The van der Waals surface area contributed by atoms with Crippen molar-refractivity contribution in [1.29, 1.82) is 0 Å². The van der Waals surface area contributed by atoms with Crippen molar-refractivity contribution in [2.24, 2.45) is 0 Å². The molecular formula is C20H24ClNO2. The second-order valence-electron chi connectivity index (χ2n) is 5.90. The Kier molecular flexibility index (Phi) is 6.68. The summed E-state index contributed by atoms with van der Waals surface area (Å²) in [5, 5.41) is 0.639. The van der Waals surface area contributed by atoms with E-state index in [0.29, 0.717) is 11.6 Å². The predicted molar refractivity (Wildman–Crippen MR) is 98.6 cm³/mol. The van der Waals surface area contributed by atoms with E-state index in [1.165, 1.54) is 0 Å². The van der Waals surface area contributed by atoms with Crippen LogP contribution in [-0.4, -0.2) is 25.0 Å². The van der Waals surface area contributed by atoms with Gasteiger partial charge in [0.25, 0.3) is 0 Å². The molecule has 2 aromatic carbocycles. The molecule has 0 N–H and O–H groups in total. The summed E-state index contributed by atoms with van der Waals surface area (Å²) in [6, 6.07) is 15.4. The van der Waals surface area contributed by atoms with Gasteiger partial charge in [-0.25, -0.2) is 0 Å². The first-order valence-electron chi connectivity index (χ1n) is 8.19. The minimum absolute atomic E-state index is 0.116. The molecule has 0 saturated heterocycles. The second-order valence-corrected chi connectivity index (χ2v) is 6.34. The van der Waals surface area contributed by atoms with Crippen LogP contribution in [-0.2, 0) is 11.3 Å². The highest BCUT2D eigenvalue weighted by atomic mass is 35.5. The van der Waals surface area contributed by atoms with E-state index >= 15 is 0 Å². The summed E-state index contributed by atoms with van der Waals surface area (Å²) in [5.41, 5.74) is 1.97. The van der Waals surface area contributed by atoms with E-state index < -0.39 is 0 Å². The first-order valence-corrected chi connectivity index (χ1v) is 8.57. The molecule has 0 spiro atoms. The molecule has 0 aliphatic rings. The number of ether oxygens (including phenoxy) is 1. The Labute approximate surface area is 149 Å². The van der Waals surface area contributed by atoms with Crippen molar-refractivity contribution < 1.29 is 9.53 Å². The third kappa shape index (κ3) is 4.51. The highest BCUT2D eigenvalue weighted by Crippen LogP contribution is 2.27. The van der Waals surface area contributed by atoms with Crippen molar-refractivity contribution in [1.82, 2.24) is 4.90 Å². The highest BCUT2D eigenvalue weighted by Gasteiger charge is 2.23. The zero-order chi connectivity index (χ0) is 17.5. The average molecular weight is 346 g/mol. The molecular weight excluding hydrogens is 322 g/mol. The van der Waals surface area contributed by atoms with E-state index in [-0.39, 0.29) is 11.8 Å². The molecule has 0 bridgehead atoms. The van der Waals surface area contributed by atoms with Gasteiger partial charge in [-0.05, 0) is 30.2 Å². The number of carbonyl (C=O) groups is 1. The molecule has 0 aliphatic heterocycles. The molecule has 0 fully saturated rings. The first-order chi connectivity index (χ1) is 11.6. The van der Waals surface area contributed by atoms with Crippen LogP contribution < -0.4 is 4.74 Å². The van der Waals surface area contributed by atoms with E-state index in [1.807, 2.05) is 49.5 Å². The van der Waals surface area contributed by atoms with Crippen LogP contribution in [0.4, 0.5) is 0 Å². The third-order valence-electron chi connectivity index (χ3n) is 4.10. The van der Waals surface area contributed by atoms with Gasteiger partial charge in [-0.2, -0.15) is 0 Å². The Bertz CT molecular complexity index is 673. The number of hydrogen-bond acceptors (Lipinski definition) is 2. The molecule has 0 aromatic heterocycles. The zero-order valence-corrected chi connectivity index (χ0v) is 15.2. The molecule has 1 amide bonds. The number of halogens is 1. The smallest absolute Gasteiger partial charge is 0.230 e. The van der Waals surface area contributed by atoms with Gasteiger partial charge in [0, 0.05) is 24.2 Å². The molecule has 3 nitrogen and oxygen atoms in total. The van der Waals surface area contributed by atoms with E-state index in [2.05, 4.69) is 6.92 Å². The lowest BCUT2D eigenvalue weighted by molar-refractivity contribution is -0.132. The van der Waals surface area contributed by atoms with Crippen LogP contribution in [0.5, 0.6) is 5.75 Å². The van der Waals surface area contributed by atoms with Crippen LogP contribution in [0, 0.1) is 0 Å². The van der Waals surface area contributed by atoms with Gasteiger partial charge in [-0.1, -0.05) is 55.3 Å². The number of nitrogens with zero attached hydrogens (tertiary/aromatic N) is 1. The summed E-state index contributed by atoms with van der Waals surface area (Å²) >= 11 is 6.09. The van der Waals surface area contributed by atoms with Gasteiger partial charge in [0.1, 0.15) is 5.75 Å². The van der Waals surface area contributed by atoms with Crippen molar-refractivity contribution in [3.05, 3.63) is 64.7 Å². The monoisotopic (exact) mass is 345 g/mol. The molecule has 2 rings (SSSR count). The van der Waals surface area contributed by atoms with Gasteiger partial charge in [0.2, 0.25) is 5.91 Å². The van der Waals surface area contributed by atoms with Crippen molar-refractivity contribution in [2.45, 2.75) is 32.2 Å². The van der Waals surface area contributed by atoms with Gasteiger partial charge < -0.3 is 9.64 Å². The van der Waals surface area contributed by atoms with Crippen molar-refractivity contribution in [3.63, 3.8) is 0 Å². The largest absolute Gasteiger partial charge is 0.496 e. The first kappa shape index (κ1) is 18.3. The number of methoxy groups -OCH3 is 1. The summed E-state index contributed by atoms with van der Waals surface area (Å²) in [6.45, 7) is 2.57. The minimum atomic E-state index is -0.119. The molecule has 128 valence electrons. The Morgan fingerprint density at radius 1 is 1.21 bits per heavy atom. The fourth-order valence-electron chi connectivity index (χ4n) is 2.88. The fourth-order valence-corrected chi connectivity index (χ4v) is 3.07. The summed E-state index contributed by atoms with van der Waals surface area (Å²) in [7, 11) is 3.45. The van der Waals surface area contributed by atoms with Gasteiger partial charge >= 0.3 is 0 Å². The SMILES string of the molecule is CCCC(C(=O)N(C)Cc1cc(Cl)ccc1OC)c1ccccc1. The van der Waals surface area contributed by atoms with Gasteiger partial charge in [-0.3, -0.25) is 4.79 Å². The Balaban J connectivity index is 2.19.